The third kappa shape index (κ3) is 3.87. The number of carbonyl (C=O) groups excluding carboxylic acids is 2. The number of piperidine rings is 1. The van der Waals surface area contributed by atoms with Crippen LogP contribution in [0.4, 0.5) is 0 Å². The van der Waals surface area contributed by atoms with E-state index in [4.69, 9.17) is 4.74 Å². The molecule has 2 aliphatic heterocycles. The zero-order valence-corrected chi connectivity index (χ0v) is 17.5. The molecule has 162 valence electrons. The highest BCUT2D eigenvalue weighted by molar-refractivity contribution is 6.02. The van der Waals surface area contributed by atoms with Crippen LogP contribution in [0.15, 0.2) is 67.4 Å². The Kier molecular flexibility index (Phi) is 5.18. The zero-order valence-electron chi connectivity index (χ0n) is 17.5. The number of carbonyl (C=O) groups is 2. The molecule has 1 atom stereocenters. The Labute approximate surface area is 185 Å². The quantitative estimate of drug-likeness (QED) is 0.651. The van der Waals surface area contributed by atoms with Gasteiger partial charge in [0.15, 0.2) is 0 Å². The van der Waals surface area contributed by atoms with Crippen LogP contribution in [-0.2, 0) is 24.5 Å². The van der Waals surface area contributed by atoms with Gasteiger partial charge in [-0.05, 0) is 36.1 Å². The lowest BCUT2D eigenvalue weighted by Crippen LogP contribution is -2.49. The number of hydrogen-bond acceptors (Lipinski definition) is 5. The van der Waals surface area contributed by atoms with E-state index in [2.05, 4.69) is 22.0 Å². The molecular formula is C24H23N5O3. The lowest BCUT2D eigenvalue weighted by Gasteiger charge is -2.31. The van der Waals surface area contributed by atoms with E-state index in [-0.39, 0.29) is 11.8 Å². The van der Waals surface area contributed by atoms with Crippen LogP contribution in [0.25, 0.3) is 0 Å². The van der Waals surface area contributed by atoms with Crippen molar-refractivity contribution in [3.05, 3.63) is 89.6 Å². The van der Waals surface area contributed by atoms with Crippen LogP contribution in [0.3, 0.4) is 0 Å². The molecule has 1 N–H and O–H groups in total. The van der Waals surface area contributed by atoms with Crippen molar-refractivity contribution < 1.29 is 14.3 Å². The fourth-order valence-electron chi connectivity index (χ4n) is 4.18. The summed E-state index contributed by atoms with van der Waals surface area (Å²) in [4.78, 5) is 31.0. The summed E-state index contributed by atoms with van der Waals surface area (Å²) in [6, 6.07) is 13.1. The van der Waals surface area contributed by atoms with Gasteiger partial charge < -0.3 is 15.0 Å². The molecule has 3 aromatic rings. The Bertz CT molecular complexity index is 1170. The Morgan fingerprint density at radius 2 is 1.94 bits per heavy atom. The molecule has 2 amide bonds. The Morgan fingerprint density at radius 1 is 1.12 bits per heavy atom. The first-order valence-corrected chi connectivity index (χ1v) is 10.5. The van der Waals surface area contributed by atoms with Gasteiger partial charge in [0.25, 0.3) is 5.91 Å². The Morgan fingerprint density at radius 3 is 2.69 bits per heavy atom. The van der Waals surface area contributed by atoms with Crippen molar-refractivity contribution in [2.75, 3.05) is 0 Å². The van der Waals surface area contributed by atoms with Gasteiger partial charge in [-0.2, -0.15) is 5.10 Å². The molecule has 32 heavy (non-hydrogen) atoms. The van der Waals surface area contributed by atoms with Gasteiger partial charge in [-0.25, -0.2) is 9.67 Å². The maximum absolute atomic E-state index is 13.0. The monoisotopic (exact) mass is 429 g/mol. The van der Waals surface area contributed by atoms with E-state index < -0.39 is 6.04 Å². The molecule has 0 bridgehead atoms. The van der Waals surface area contributed by atoms with Crippen LogP contribution in [0.5, 0.6) is 5.75 Å². The molecule has 0 spiro atoms. The van der Waals surface area contributed by atoms with Crippen molar-refractivity contribution in [1.82, 2.24) is 25.0 Å². The minimum Gasteiger partial charge on any atom is -0.489 e. The fraction of sp³-hybridized carbons (Fsp3) is 0.250. The minimum atomic E-state index is -0.481. The van der Waals surface area contributed by atoms with Crippen LogP contribution in [-0.4, -0.2) is 37.5 Å². The summed E-state index contributed by atoms with van der Waals surface area (Å²) in [7, 11) is 0. The zero-order chi connectivity index (χ0) is 22.1. The van der Waals surface area contributed by atoms with Crippen molar-refractivity contribution in [2.24, 2.45) is 0 Å². The first kappa shape index (κ1) is 20.0. The van der Waals surface area contributed by atoms with E-state index >= 15 is 0 Å². The molecular weight excluding hydrogens is 406 g/mol. The van der Waals surface area contributed by atoms with E-state index in [0.29, 0.717) is 49.5 Å². The molecule has 1 fully saturated rings. The number of allylic oxidation sites excluding steroid dienone is 1. The topological polar surface area (TPSA) is 89.3 Å². The van der Waals surface area contributed by atoms with E-state index in [1.54, 1.807) is 22.0 Å². The predicted octanol–water partition coefficient (Wildman–Crippen LogP) is 2.65. The summed E-state index contributed by atoms with van der Waals surface area (Å²) in [6.07, 6.45) is 4.46. The van der Waals surface area contributed by atoms with Gasteiger partial charge >= 0.3 is 0 Å². The molecule has 3 heterocycles. The highest BCUT2D eigenvalue weighted by Crippen LogP contribution is 2.34. The van der Waals surface area contributed by atoms with Gasteiger partial charge in [-0.3, -0.25) is 9.59 Å². The summed E-state index contributed by atoms with van der Waals surface area (Å²) in [5, 5.41) is 6.88. The number of hydrogen-bond donors (Lipinski definition) is 1. The summed E-state index contributed by atoms with van der Waals surface area (Å²) in [5.74, 6) is 0.372. The highest BCUT2D eigenvalue weighted by atomic mass is 16.5. The second-order valence-electron chi connectivity index (χ2n) is 8.06. The number of benzene rings is 2. The lowest BCUT2D eigenvalue weighted by molar-refractivity contribution is -0.126. The molecule has 1 saturated heterocycles. The van der Waals surface area contributed by atoms with E-state index in [1.165, 1.54) is 6.33 Å². The normalized spacial score (nSPS) is 17.9. The first-order valence-electron chi connectivity index (χ1n) is 10.5. The second-order valence-corrected chi connectivity index (χ2v) is 8.06. The van der Waals surface area contributed by atoms with Crippen molar-refractivity contribution in [2.45, 2.75) is 38.6 Å². The molecule has 2 aromatic carbocycles. The largest absolute Gasteiger partial charge is 0.489 e. The molecule has 8 nitrogen and oxygen atoms in total. The molecule has 0 saturated carbocycles. The summed E-state index contributed by atoms with van der Waals surface area (Å²) >= 11 is 0. The van der Waals surface area contributed by atoms with Gasteiger partial charge in [-0.15, -0.1) is 0 Å². The standard InChI is InChI=1S/C24H23N5O3/c1-16-5-10-21(23(30)27-16)29-12-20-19(24(29)31)3-2-4-22(20)32-13-18-8-6-17(7-9-18)11-28-15-25-14-26-28/h2-4,6-9,14-15,21H,1,5,10-13H2,(H,27,30). The first-order chi connectivity index (χ1) is 15.6. The third-order valence-corrected chi connectivity index (χ3v) is 5.88. The van der Waals surface area contributed by atoms with Crippen molar-refractivity contribution in [1.29, 1.82) is 0 Å². The average Bonchev–Trinajstić information content (AvgIpc) is 3.42. The number of nitrogens with zero attached hydrogens (tertiary/aromatic N) is 4. The van der Waals surface area contributed by atoms with Gasteiger partial charge in [0.2, 0.25) is 5.91 Å². The van der Waals surface area contributed by atoms with E-state index in [0.717, 1.165) is 16.7 Å². The predicted molar refractivity (Wildman–Crippen MR) is 117 cm³/mol. The van der Waals surface area contributed by atoms with Gasteiger partial charge in [0.05, 0.1) is 13.1 Å². The smallest absolute Gasteiger partial charge is 0.255 e. The van der Waals surface area contributed by atoms with Crippen molar-refractivity contribution in [3.63, 3.8) is 0 Å². The number of amides is 2. The molecule has 1 unspecified atom stereocenters. The highest BCUT2D eigenvalue weighted by Gasteiger charge is 2.39. The molecule has 1 aromatic heterocycles. The van der Waals surface area contributed by atoms with Crippen LogP contribution in [0.1, 0.15) is 39.9 Å². The molecule has 2 aliphatic rings. The molecule has 8 heteroatoms. The number of aromatic nitrogens is 3. The number of ether oxygens (including phenoxy) is 1. The van der Waals surface area contributed by atoms with Gasteiger partial charge in [-0.1, -0.05) is 36.9 Å². The maximum Gasteiger partial charge on any atom is 0.255 e. The van der Waals surface area contributed by atoms with E-state index in [9.17, 15) is 9.59 Å². The van der Waals surface area contributed by atoms with Crippen molar-refractivity contribution >= 4 is 11.8 Å². The van der Waals surface area contributed by atoms with Crippen molar-refractivity contribution in [3.8, 4) is 5.75 Å². The van der Waals surface area contributed by atoms with Crippen LogP contribution in [0.2, 0.25) is 0 Å². The average molecular weight is 429 g/mol. The summed E-state index contributed by atoms with van der Waals surface area (Å²) < 4.78 is 7.86. The molecule has 0 radical (unpaired) electrons. The number of rotatable bonds is 6. The lowest BCUT2D eigenvalue weighted by atomic mass is 10.0. The summed E-state index contributed by atoms with van der Waals surface area (Å²) in [5.41, 5.74) is 4.28. The number of nitrogens with one attached hydrogen (secondary N) is 1. The SMILES string of the molecule is C=C1CCC(N2Cc3c(OCc4ccc(Cn5cncn5)cc4)cccc3C2=O)C(=O)N1. The van der Waals surface area contributed by atoms with Crippen LogP contribution < -0.4 is 10.1 Å². The molecule has 0 aliphatic carbocycles. The Balaban J connectivity index is 1.27. The summed E-state index contributed by atoms with van der Waals surface area (Å²) in [6.45, 7) is 5.23. The van der Waals surface area contributed by atoms with Crippen LogP contribution in [0, 0.1) is 0 Å². The molecule has 5 rings (SSSR count). The van der Waals surface area contributed by atoms with Gasteiger partial charge in [0.1, 0.15) is 31.1 Å². The minimum absolute atomic E-state index is 0.129. The third-order valence-electron chi connectivity index (χ3n) is 5.88. The van der Waals surface area contributed by atoms with Crippen LogP contribution >= 0.6 is 0 Å². The fourth-order valence-corrected chi connectivity index (χ4v) is 4.18. The maximum atomic E-state index is 13.0. The Hall–Kier alpha value is -3.94. The van der Waals surface area contributed by atoms with Gasteiger partial charge in [0, 0.05) is 16.8 Å². The van der Waals surface area contributed by atoms with E-state index in [1.807, 2.05) is 36.4 Å². The second kappa shape index (κ2) is 8.30. The number of fused-ring (bicyclic) bond motifs is 1.